The van der Waals surface area contributed by atoms with Gasteiger partial charge in [-0.15, -0.1) is 5.10 Å². The number of hydrogen-bond acceptors (Lipinski definition) is 5. The summed E-state index contributed by atoms with van der Waals surface area (Å²) >= 11 is 0. The van der Waals surface area contributed by atoms with Crippen LogP contribution in [0.2, 0.25) is 0 Å². The molecule has 1 amide bonds. The molecule has 1 aromatic carbocycles. The molecule has 0 spiro atoms. The Hall–Kier alpha value is -2.37. The van der Waals surface area contributed by atoms with Crippen molar-refractivity contribution in [3.8, 4) is 0 Å². The van der Waals surface area contributed by atoms with E-state index in [1.165, 1.54) is 0 Å². The average molecular weight is 300 g/mol. The summed E-state index contributed by atoms with van der Waals surface area (Å²) in [5.41, 5.74) is 0.957. The summed E-state index contributed by atoms with van der Waals surface area (Å²) in [6.07, 6.45) is 2.31. The first-order valence-electron chi connectivity index (χ1n) is 7.68. The lowest BCUT2D eigenvalue weighted by atomic mass is 10.1. The third-order valence-corrected chi connectivity index (χ3v) is 3.75. The Morgan fingerprint density at radius 1 is 1.32 bits per heavy atom. The molecule has 1 fully saturated rings. The minimum Gasteiger partial charge on any atom is -0.408 e. The Morgan fingerprint density at radius 2 is 2.14 bits per heavy atom. The highest BCUT2D eigenvalue weighted by molar-refractivity contribution is 5.95. The van der Waals surface area contributed by atoms with Gasteiger partial charge in [0.25, 0.3) is 0 Å². The van der Waals surface area contributed by atoms with Crippen LogP contribution >= 0.6 is 0 Å². The molecule has 2 heterocycles. The van der Waals surface area contributed by atoms with Crippen molar-refractivity contribution < 1.29 is 9.21 Å². The third kappa shape index (κ3) is 3.27. The number of para-hydroxylation sites is 1. The van der Waals surface area contributed by atoms with Crippen molar-refractivity contribution in [3.05, 3.63) is 36.2 Å². The second-order valence-corrected chi connectivity index (χ2v) is 5.54. The number of nitrogens with one attached hydrogen (secondary N) is 1. The van der Waals surface area contributed by atoms with E-state index in [2.05, 4.69) is 22.4 Å². The van der Waals surface area contributed by atoms with Gasteiger partial charge in [-0.05, 0) is 18.6 Å². The first-order valence-corrected chi connectivity index (χ1v) is 7.68. The number of amides is 1. The zero-order valence-corrected chi connectivity index (χ0v) is 12.7. The largest absolute Gasteiger partial charge is 0.408 e. The molecule has 22 heavy (non-hydrogen) atoms. The van der Waals surface area contributed by atoms with Gasteiger partial charge in [0.1, 0.15) is 0 Å². The van der Waals surface area contributed by atoms with E-state index in [1.807, 2.05) is 35.2 Å². The van der Waals surface area contributed by atoms with Gasteiger partial charge < -0.3 is 14.6 Å². The second-order valence-electron chi connectivity index (χ2n) is 5.54. The van der Waals surface area contributed by atoms with Crippen LogP contribution in [0.1, 0.15) is 25.7 Å². The van der Waals surface area contributed by atoms with Crippen molar-refractivity contribution in [1.82, 2.24) is 10.2 Å². The number of rotatable bonds is 6. The molecule has 3 rings (SSSR count). The predicted octanol–water partition coefficient (Wildman–Crippen LogP) is 2.49. The predicted molar refractivity (Wildman–Crippen MR) is 83.7 cm³/mol. The number of benzene rings is 1. The lowest BCUT2D eigenvalue weighted by molar-refractivity contribution is -0.117. The van der Waals surface area contributed by atoms with Gasteiger partial charge in [0.2, 0.25) is 11.8 Å². The molecule has 1 aliphatic heterocycles. The number of carbonyl (C=O) groups excluding carboxylic acids is 1. The van der Waals surface area contributed by atoms with E-state index in [0.717, 1.165) is 18.5 Å². The maximum absolute atomic E-state index is 12.1. The summed E-state index contributed by atoms with van der Waals surface area (Å²) in [7, 11) is 0. The van der Waals surface area contributed by atoms with Crippen LogP contribution in [-0.2, 0) is 11.2 Å². The smallest absolute Gasteiger partial charge is 0.315 e. The molecule has 0 aliphatic carbocycles. The molecule has 0 radical (unpaired) electrons. The fourth-order valence-corrected chi connectivity index (χ4v) is 2.65. The summed E-state index contributed by atoms with van der Waals surface area (Å²) in [6.45, 7) is 3.44. The van der Waals surface area contributed by atoms with Crippen LogP contribution < -0.4 is 10.2 Å². The Kier molecular flexibility index (Phi) is 4.37. The highest BCUT2D eigenvalue weighted by Crippen LogP contribution is 2.25. The molecule has 0 bridgehead atoms. The Morgan fingerprint density at radius 3 is 2.91 bits per heavy atom. The standard InChI is InChI=1S/C16H20N4O2/c1-2-6-14-18-19-16(22-14)17-10-12-9-15(21)20(11-12)13-7-4-3-5-8-13/h3-5,7-8,12H,2,6,9-11H2,1H3,(H,17,19). The van der Waals surface area contributed by atoms with Gasteiger partial charge in [0, 0.05) is 37.5 Å². The van der Waals surface area contributed by atoms with Crippen molar-refractivity contribution in [2.75, 3.05) is 23.3 Å². The molecular weight excluding hydrogens is 280 g/mol. The molecule has 116 valence electrons. The molecule has 1 unspecified atom stereocenters. The SMILES string of the molecule is CCCc1nnc(NCC2CC(=O)N(c3ccccc3)C2)o1. The molecule has 1 N–H and O–H groups in total. The van der Waals surface area contributed by atoms with Crippen molar-refractivity contribution in [1.29, 1.82) is 0 Å². The monoisotopic (exact) mass is 300 g/mol. The highest BCUT2D eigenvalue weighted by Gasteiger charge is 2.30. The zero-order chi connectivity index (χ0) is 15.4. The van der Waals surface area contributed by atoms with E-state index in [4.69, 9.17) is 4.42 Å². The molecule has 6 heteroatoms. The molecule has 1 aromatic heterocycles. The highest BCUT2D eigenvalue weighted by atomic mass is 16.4. The third-order valence-electron chi connectivity index (χ3n) is 3.75. The number of aryl methyl sites for hydroxylation is 1. The number of nitrogens with zero attached hydrogens (tertiary/aromatic N) is 3. The quantitative estimate of drug-likeness (QED) is 0.887. The number of anilines is 2. The van der Waals surface area contributed by atoms with Gasteiger partial charge in [-0.1, -0.05) is 30.2 Å². The molecule has 1 atom stereocenters. The van der Waals surface area contributed by atoms with E-state index in [1.54, 1.807) is 0 Å². The molecule has 1 saturated heterocycles. The van der Waals surface area contributed by atoms with Crippen molar-refractivity contribution >= 4 is 17.6 Å². The maximum Gasteiger partial charge on any atom is 0.315 e. The molecule has 1 aliphatic rings. The summed E-state index contributed by atoms with van der Waals surface area (Å²) in [4.78, 5) is 14.0. The van der Waals surface area contributed by atoms with Gasteiger partial charge >= 0.3 is 6.01 Å². The summed E-state index contributed by atoms with van der Waals surface area (Å²) in [5.74, 6) is 1.06. The Balaban J connectivity index is 1.55. The van der Waals surface area contributed by atoms with Gasteiger partial charge in [0.15, 0.2) is 0 Å². The van der Waals surface area contributed by atoms with Crippen LogP contribution in [0.3, 0.4) is 0 Å². The zero-order valence-electron chi connectivity index (χ0n) is 12.7. The summed E-state index contributed by atoms with van der Waals surface area (Å²) < 4.78 is 5.49. The topological polar surface area (TPSA) is 71.3 Å². The first-order chi connectivity index (χ1) is 10.8. The van der Waals surface area contributed by atoms with Crippen molar-refractivity contribution in [2.45, 2.75) is 26.2 Å². The molecule has 0 saturated carbocycles. The Bertz CT molecular complexity index is 626. The lowest BCUT2D eigenvalue weighted by Crippen LogP contribution is -2.25. The van der Waals surface area contributed by atoms with E-state index < -0.39 is 0 Å². The van der Waals surface area contributed by atoms with E-state index in [9.17, 15) is 4.79 Å². The lowest BCUT2D eigenvalue weighted by Gasteiger charge is -2.16. The number of hydrogen-bond donors (Lipinski definition) is 1. The van der Waals surface area contributed by atoms with Crippen molar-refractivity contribution in [3.63, 3.8) is 0 Å². The normalized spacial score (nSPS) is 18.0. The maximum atomic E-state index is 12.1. The fourth-order valence-electron chi connectivity index (χ4n) is 2.65. The Labute approximate surface area is 129 Å². The van der Waals surface area contributed by atoms with E-state index >= 15 is 0 Å². The van der Waals surface area contributed by atoms with Crippen LogP contribution in [0, 0.1) is 5.92 Å². The molecule has 6 nitrogen and oxygen atoms in total. The van der Waals surface area contributed by atoms with Crippen molar-refractivity contribution in [2.24, 2.45) is 5.92 Å². The van der Waals surface area contributed by atoms with Gasteiger partial charge in [-0.2, -0.15) is 0 Å². The van der Waals surface area contributed by atoms with Gasteiger partial charge in [-0.25, -0.2) is 0 Å². The van der Waals surface area contributed by atoms with Crippen LogP contribution in [0.5, 0.6) is 0 Å². The minimum atomic E-state index is 0.162. The van der Waals surface area contributed by atoms with E-state index in [-0.39, 0.29) is 11.8 Å². The number of aromatic nitrogens is 2. The minimum absolute atomic E-state index is 0.162. The van der Waals surface area contributed by atoms with Gasteiger partial charge in [-0.3, -0.25) is 4.79 Å². The fraction of sp³-hybridized carbons (Fsp3) is 0.438. The summed E-state index contributed by atoms with van der Waals surface area (Å²) in [5, 5.41) is 11.1. The average Bonchev–Trinajstić information content (AvgIpc) is 3.13. The summed E-state index contributed by atoms with van der Waals surface area (Å²) in [6, 6.07) is 10.2. The van der Waals surface area contributed by atoms with Gasteiger partial charge in [0.05, 0.1) is 0 Å². The van der Waals surface area contributed by atoms with Crippen LogP contribution in [0.4, 0.5) is 11.7 Å². The van der Waals surface area contributed by atoms with Crippen LogP contribution in [0.25, 0.3) is 0 Å². The number of carbonyl (C=O) groups is 1. The molecule has 2 aromatic rings. The second kappa shape index (κ2) is 6.60. The molecular formula is C16H20N4O2. The van der Waals surface area contributed by atoms with E-state index in [0.29, 0.717) is 31.4 Å². The van der Waals surface area contributed by atoms with Crippen LogP contribution in [-0.4, -0.2) is 29.2 Å². The van der Waals surface area contributed by atoms with Crippen LogP contribution in [0.15, 0.2) is 34.7 Å². The first kappa shape index (κ1) is 14.6.